The number of carboxylic acid groups (broad SMARTS) is 2. The summed E-state index contributed by atoms with van der Waals surface area (Å²) in [6.07, 6.45) is 0. The number of urea groups is 2. The van der Waals surface area contributed by atoms with E-state index < -0.39 is 36.1 Å². The molecule has 0 spiro atoms. The largest absolute Gasteiger partial charge is 0.480 e. The lowest BCUT2D eigenvalue weighted by Gasteiger charge is -2.23. The van der Waals surface area contributed by atoms with Gasteiger partial charge in [0.2, 0.25) is 0 Å². The molecule has 0 aromatic heterocycles. The first-order valence-corrected chi connectivity index (χ1v) is 7.51. The quantitative estimate of drug-likeness (QED) is 0.266. The first kappa shape index (κ1) is 18.3. The zero-order chi connectivity index (χ0) is 15.9. The molecule has 2 atom stereocenters. The summed E-state index contributed by atoms with van der Waals surface area (Å²) in [5.41, 5.74) is 15.0. The molecule has 2 unspecified atom stereocenters. The van der Waals surface area contributed by atoms with E-state index in [1.807, 2.05) is 0 Å². The maximum atomic E-state index is 11.0. The fraction of sp³-hybridized carbons (Fsp3) is 0.500. The zero-order valence-electron chi connectivity index (χ0n) is 10.1. The smallest absolute Gasteiger partial charge is 0.327 e. The van der Waals surface area contributed by atoms with E-state index in [2.05, 4.69) is 0 Å². The van der Waals surface area contributed by atoms with Crippen molar-refractivity contribution in [1.82, 2.24) is 4.90 Å². The number of primary amides is 2. The van der Waals surface area contributed by atoms with Crippen LogP contribution >= 0.6 is 21.6 Å². The SMILES string of the molecule is NC(=O)N(C(N)=O)C(CSSCC(N)C(=O)O)C(=O)O. The molecule has 0 aliphatic rings. The van der Waals surface area contributed by atoms with E-state index in [-0.39, 0.29) is 16.4 Å². The van der Waals surface area contributed by atoms with Gasteiger partial charge in [0.15, 0.2) is 6.04 Å². The topological polar surface area (TPSA) is 190 Å². The molecule has 0 aliphatic heterocycles. The minimum atomic E-state index is -1.54. The highest BCUT2D eigenvalue weighted by Gasteiger charge is 2.32. The molecular formula is C8H14N4O6S2. The Hall–Kier alpha value is -1.66. The van der Waals surface area contributed by atoms with Gasteiger partial charge in [0.1, 0.15) is 6.04 Å². The normalized spacial score (nSPS) is 13.2. The number of imide groups is 1. The number of hydrogen-bond donors (Lipinski definition) is 5. The number of aliphatic carboxylic acids is 2. The summed E-state index contributed by atoms with van der Waals surface area (Å²) in [5.74, 6) is -2.83. The molecule has 12 heteroatoms. The van der Waals surface area contributed by atoms with Gasteiger partial charge in [-0.25, -0.2) is 19.3 Å². The monoisotopic (exact) mass is 326 g/mol. The molecule has 0 aliphatic carbocycles. The van der Waals surface area contributed by atoms with Crippen molar-refractivity contribution in [3.63, 3.8) is 0 Å². The van der Waals surface area contributed by atoms with Gasteiger partial charge in [0, 0.05) is 11.5 Å². The van der Waals surface area contributed by atoms with Crippen LogP contribution in [0.1, 0.15) is 0 Å². The van der Waals surface area contributed by atoms with Crippen LogP contribution in [0.2, 0.25) is 0 Å². The van der Waals surface area contributed by atoms with Crippen LogP contribution in [0.4, 0.5) is 9.59 Å². The molecule has 20 heavy (non-hydrogen) atoms. The zero-order valence-corrected chi connectivity index (χ0v) is 11.7. The summed E-state index contributed by atoms with van der Waals surface area (Å²) in [6.45, 7) is 0. The van der Waals surface area contributed by atoms with Gasteiger partial charge in [-0.05, 0) is 0 Å². The van der Waals surface area contributed by atoms with E-state index in [9.17, 15) is 19.2 Å². The third-order valence-electron chi connectivity index (χ3n) is 1.95. The van der Waals surface area contributed by atoms with Crippen LogP contribution in [0.15, 0.2) is 0 Å². The van der Waals surface area contributed by atoms with E-state index in [1.54, 1.807) is 0 Å². The van der Waals surface area contributed by atoms with Gasteiger partial charge in [0.25, 0.3) is 0 Å². The fourth-order valence-corrected chi connectivity index (χ4v) is 3.28. The molecule has 114 valence electrons. The van der Waals surface area contributed by atoms with Crippen LogP contribution < -0.4 is 17.2 Å². The van der Waals surface area contributed by atoms with Gasteiger partial charge < -0.3 is 27.4 Å². The highest BCUT2D eigenvalue weighted by Crippen LogP contribution is 2.24. The number of carbonyl (C=O) groups excluding carboxylic acids is 2. The molecule has 0 rings (SSSR count). The minimum Gasteiger partial charge on any atom is -0.480 e. The van der Waals surface area contributed by atoms with Crippen molar-refractivity contribution in [3.05, 3.63) is 0 Å². The molecule has 0 aromatic carbocycles. The molecule has 0 radical (unpaired) electrons. The average molecular weight is 326 g/mol. The Morgan fingerprint density at radius 3 is 1.75 bits per heavy atom. The maximum absolute atomic E-state index is 11.0. The molecule has 4 amide bonds. The van der Waals surface area contributed by atoms with E-state index in [0.717, 1.165) is 21.6 Å². The third kappa shape index (κ3) is 5.99. The third-order valence-corrected chi connectivity index (χ3v) is 4.38. The van der Waals surface area contributed by atoms with Gasteiger partial charge in [-0.3, -0.25) is 4.79 Å². The molecule has 0 saturated carbocycles. The summed E-state index contributed by atoms with van der Waals surface area (Å²) >= 11 is 0. The Morgan fingerprint density at radius 1 is 0.950 bits per heavy atom. The second-order valence-electron chi connectivity index (χ2n) is 3.41. The summed E-state index contributed by atoms with van der Waals surface area (Å²) in [6, 6.07) is -5.20. The molecular weight excluding hydrogens is 312 g/mol. The highest BCUT2D eigenvalue weighted by atomic mass is 33.1. The van der Waals surface area contributed by atoms with Crippen molar-refractivity contribution >= 4 is 45.6 Å². The van der Waals surface area contributed by atoms with Gasteiger partial charge >= 0.3 is 24.0 Å². The van der Waals surface area contributed by atoms with E-state index >= 15 is 0 Å². The molecule has 0 saturated heterocycles. The van der Waals surface area contributed by atoms with Crippen LogP contribution in [-0.2, 0) is 9.59 Å². The van der Waals surface area contributed by atoms with Gasteiger partial charge in [-0.1, -0.05) is 21.6 Å². The molecule has 10 nitrogen and oxygen atoms in total. The molecule has 0 aromatic rings. The lowest BCUT2D eigenvalue weighted by atomic mass is 10.3. The molecule has 0 heterocycles. The van der Waals surface area contributed by atoms with E-state index in [1.165, 1.54) is 0 Å². The van der Waals surface area contributed by atoms with Crippen molar-refractivity contribution < 1.29 is 29.4 Å². The van der Waals surface area contributed by atoms with Crippen LogP contribution in [0.25, 0.3) is 0 Å². The minimum absolute atomic E-state index is 0.0273. The van der Waals surface area contributed by atoms with Crippen molar-refractivity contribution in [2.45, 2.75) is 12.1 Å². The van der Waals surface area contributed by atoms with Crippen molar-refractivity contribution in [1.29, 1.82) is 0 Å². The van der Waals surface area contributed by atoms with E-state index in [4.69, 9.17) is 27.4 Å². The lowest BCUT2D eigenvalue weighted by molar-refractivity contribution is -0.140. The summed E-state index contributed by atoms with van der Waals surface area (Å²) < 4.78 is 0. The summed E-state index contributed by atoms with van der Waals surface area (Å²) in [4.78, 5) is 43.6. The number of nitrogens with zero attached hydrogens (tertiary/aromatic N) is 1. The van der Waals surface area contributed by atoms with Crippen LogP contribution in [0, 0.1) is 0 Å². The first-order valence-electron chi connectivity index (χ1n) is 5.02. The van der Waals surface area contributed by atoms with Crippen LogP contribution in [-0.4, -0.2) is 62.7 Å². The van der Waals surface area contributed by atoms with Crippen LogP contribution in [0.5, 0.6) is 0 Å². The van der Waals surface area contributed by atoms with Crippen molar-refractivity contribution in [2.75, 3.05) is 11.5 Å². The van der Waals surface area contributed by atoms with Gasteiger partial charge in [-0.15, -0.1) is 0 Å². The van der Waals surface area contributed by atoms with Crippen LogP contribution in [0.3, 0.4) is 0 Å². The Kier molecular flexibility index (Phi) is 7.79. The Balaban J connectivity index is 4.50. The molecule has 0 bridgehead atoms. The summed E-state index contributed by atoms with van der Waals surface area (Å²) in [5, 5.41) is 17.5. The lowest BCUT2D eigenvalue weighted by Crippen LogP contribution is -2.54. The van der Waals surface area contributed by atoms with E-state index in [0.29, 0.717) is 0 Å². The number of amides is 4. The predicted molar refractivity (Wildman–Crippen MR) is 73.0 cm³/mol. The number of carboxylic acids is 2. The Morgan fingerprint density at radius 2 is 1.40 bits per heavy atom. The molecule has 0 fully saturated rings. The Bertz CT molecular complexity index is 392. The first-order chi connectivity index (χ1) is 9.18. The average Bonchev–Trinajstić information content (AvgIpc) is 2.30. The Labute approximate surface area is 121 Å². The maximum Gasteiger partial charge on any atom is 0.327 e. The fourth-order valence-electron chi connectivity index (χ4n) is 0.977. The number of nitrogens with two attached hydrogens (primary N) is 3. The second kappa shape index (κ2) is 8.50. The van der Waals surface area contributed by atoms with Gasteiger partial charge in [0.05, 0.1) is 0 Å². The number of hydrogen-bond acceptors (Lipinski definition) is 7. The van der Waals surface area contributed by atoms with Crippen molar-refractivity contribution in [2.24, 2.45) is 17.2 Å². The standard InChI is InChI=1S/C8H14N4O6S2/c9-3(5(13)14)1-19-20-2-4(6(15)16)12(7(10)17)8(11)18/h3-4H,1-2,9H2,(H2,10,17)(H2,11,18)(H,13,14)(H,15,16). The summed E-state index contributed by atoms with van der Waals surface area (Å²) in [7, 11) is 1.93. The predicted octanol–water partition coefficient (Wildman–Crippen LogP) is -1.31. The molecule has 8 N–H and O–H groups in total. The van der Waals surface area contributed by atoms with Gasteiger partial charge in [-0.2, -0.15) is 0 Å². The second-order valence-corrected chi connectivity index (χ2v) is 5.97. The number of carbonyl (C=O) groups is 4. The number of rotatable bonds is 8. The van der Waals surface area contributed by atoms with Crippen molar-refractivity contribution in [3.8, 4) is 0 Å². The highest BCUT2D eigenvalue weighted by molar-refractivity contribution is 8.76.